The van der Waals surface area contributed by atoms with E-state index < -0.39 is 11.7 Å². The van der Waals surface area contributed by atoms with Crippen LogP contribution in [0.5, 0.6) is 0 Å². The number of benzene rings is 1. The average Bonchev–Trinajstić information content (AvgIpc) is 3.04. The van der Waals surface area contributed by atoms with Crippen LogP contribution in [0.1, 0.15) is 10.4 Å². The summed E-state index contributed by atoms with van der Waals surface area (Å²) in [5, 5.41) is 3.10. The summed E-state index contributed by atoms with van der Waals surface area (Å²) in [6.07, 6.45) is 3.31. The van der Waals surface area contributed by atoms with E-state index in [4.69, 9.17) is 27.7 Å². The fourth-order valence-electron chi connectivity index (χ4n) is 2.31. The molecule has 0 aliphatic heterocycles. The van der Waals surface area contributed by atoms with Crippen molar-refractivity contribution in [1.29, 1.82) is 0 Å². The number of hydrogen-bond acceptors (Lipinski definition) is 7. The maximum absolute atomic E-state index is 12.6. The molecule has 0 unspecified atom stereocenters. The monoisotopic (exact) mass is 420 g/mol. The normalized spacial score (nSPS) is 10.6. The van der Waals surface area contributed by atoms with Gasteiger partial charge in [0.05, 0.1) is 10.0 Å². The van der Waals surface area contributed by atoms with Crippen LogP contribution in [0, 0.1) is 0 Å². The molecule has 1 N–H and O–H groups in total. The van der Waals surface area contributed by atoms with Gasteiger partial charge in [-0.05, 0) is 18.2 Å². The van der Waals surface area contributed by atoms with Gasteiger partial charge in [-0.2, -0.15) is 9.97 Å². The molecule has 1 amide bonds. The molecule has 0 atom stereocenters. The minimum absolute atomic E-state index is 0.0578. The fraction of sp³-hybridized carbons (Fsp3) is 0.118. The van der Waals surface area contributed by atoms with Gasteiger partial charge < -0.3 is 9.42 Å². The lowest BCUT2D eigenvalue weighted by molar-refractivity contribution is 0.102. The summed E-state index contributed by atoms with van der Waals surface area (Å²) in [5.74, 6) is -1.35. The smallest absolute Gasteiger partial charge is 0.333 e. The van der Waals surface area contributed by atoms with E-state index in [0.717, 1.165) is 4.57 Å². The van der Waals surface area contributed by atoms with Crippen molar-refractivity contribution >= 4 is 46.8 Å². The number of fused-ring (bicyclic) bond motifs is 1. The first kappa shape index (κ1) is 19.6. The zero-order valence-corrected chi connectivity index (χ0v) is 15.9. The Bertz CT molecular complexity index is 1110. The highest BCUT2D eigenvalue weighted by Gasteiger charge is 2.18. The fourth-order valence-corrected chi connectivity index (χ4v) is 2.61. The number of nitrogens with zero attached hydrogens (tertiary/aromatic N) is 5. The zero-order chi connectivity index (χ0) is 20.3. The molecule has 2 aromatic heterocycles. The van der Waals surface area contributed by atoms with Crippen LogP contribution in [0.25, 0.3) is 5.78 Å². The van der Waals surface area contributed by atoms with Gasteiger partial charge in [0.2, 0.25) is 5.95 Å². The van der Waals surface area contributed by atoms with E-state index in [-0.39, 0.29) is 28.3 Å². The first-order chi connectivity index (χ1) is 13.4. The van der Waals surface area contributed by atoms with E-state index in [9.17, 15) is 9.59 Å². The standard InChI is InChI=1S/C17H14Cl2N6O3/c1-3-7-24(8-4-2)14-21-15(25-16(22-14)23-17(27)28-25)20-13(26)10-5-6-11(18)12(19)9-10/h3-6,9H,1-2,7-8H2,(H,20,21,22,23,26,27). The van der Waals surface area contributed by atoms with Crippen LogP contribution in [0.15, 0.2) is 52.8 Å². The van der Waals surface area contributed by atoms with E-state index in [2.05, 4.69) is 33.4 Å². The number of carbonyl (C=O) groups is 1. The van der Waals surface area contributed by atoms with Crippen LogP contribution in [0.2, 0.25) is 10.0 Å². The highest BCUT2D eigenvalue weighted by Crippen LogP contribution is 2.23. The minimum atomic E-state index is -0.879. The van der Waals surface area contributed by atoms with Crippen molar-refractivity contribution in [2.24, 2.45) is 0 Å². The molecular formula is C17H14Cl2N6O3. The molecule has 0 aliphatic carbocycles. The lowest BCUT2D eigenvalue weighted by Crippen LogP contribution is -2.27. The molecule has 0 aliphatic rings. The Morgan fingerprint density at radius 3 is 2.54 bits per heavy atom. The number of carbonyl (C=O) groups excluding carboxylic acids is 1. The lowest BCUT2D eigenvalue weighted by atomic mass is 10.2. The largest absolute Gasteiger partial charge is 0.462 e. The maximum Gasteiger partial charge on any atom is 0.462 e. The summed E-state index contributed by atoms with van der Waals surface area (Å²) >= 11 is 11.8. The quantitative estimate of drug-likeness (QED) is 0.585. The molecule has 0 bridgehead atoms. The SMILES string of the molecule is C=CCN(CC=C)c1nc(NC(=O)c2ccc(Cl)c(Cl)c2)n2oc(=O)nc2n1. The highest BCUT2D eigenvalue weighted by molar-refractivity contribution is 6.42. The number of nitrogens with one attached hydrogen (secondary N) is 1. The number of hydrogen-bond donors (Lipinski definition) is 1. The molecule has 3 aromatic rings. The average molecular weight is 421 g/mol. The molecule has 0 fully saturated rings. The van der Waals surface area contributed by atoms with Crippen LogP contribution in [-0.4, -0.2) is 38.5 Å². The van der Waals surface area contributed by atoms with Crippen molar-refractivity contribution < 1.29 is 9.32 Å². The molecule has 1 aromatic carbocycles. The van der Waals surface area contributed by atoms with Crippen molar-refractivity contribution in [1.82, 2.24) is 19.5 Å². The van der Waals surface area contributed by atoms with E-state index in [0.29, 0.717) is 18.1 Å². The second-order valence-corrected chi connectivity index (χ2v) is 6.29. The van der Waals surface area contributed by atoms with Crippen LogP contribution in [-0.2, 0) is 0 Å². The first-order valence-electron chi connectivity index (χ1n) is 7.94. The molecule has 144 valence electrons. The Morgan fingerprint density at radius 2 is 1.89 bits per heavy atom. The third kappa shape index (κ3) is 4.05. The van der Waals surface area contributed by atoms with Gasteiger partial charge in [0, 0.05) is 18.7 Å². The van der Waals surface area contributed by atoms with Gasteiger partial charge in [-0.15, -0.1) is 18.1 Å². The minimum Gasteiger partial charge on any atom is -0.333 e. The third-order valence-electron chi connectivity index (χ3n) is 3.53. The summed E-state index contributed by atoms with van der Waals surface area (Å²) < 4.78 is 5.87. The van der Waals surface area contributed by atoms with Gasteiger partial charge in [0.15, 0.2) is 0 Å². The summed E-state index contributed by atoms with van der Waals surface area (Å²) in [5.41, 5.74) is 0.235. The predicted molar refractivity (Wildman–Crippen MR) is 106 cm³/mol. The molecule has 0 saturated heterocycles. The van der Waals surface area contributed by atoms with Crippen molar-refractivity contribution in [3.05, 3.63) is 69.7 Å². The van der Waals surface area contributed by atoms with Crippen molar-refractivity contribution in [2.75, 3.05) is 23.3 Å². The van der Waals surface area contributed by atoms with Crippen LogP contribution >= 0.6 is 23.2 Å². The van der Waals surface area contributed by atoms with E-state index >= 15 is 0 Å². The molecule has 0 saturated carbocycles. The molecule has 3 rings (SSSR count). The molecule has 0 spiro atoms. The molecule has 11 heteroatoms. The van der Waals surface area contributed by atoms with E-state index in [1.807, 2.05) is 0 Å². The number of amides is 1. The van der Waals surface area contributed by atoms with Gasteiger partial charge >= 0.3 is 5.76 Å². The number of aromatic nitrogens is 4. The highest BCUT2D eigenvalue weighted by atomic mass is 35.5. The van der Waals surface area contributed by atoms with Gasteiger partial charge in [-0.1, -0.05) is 39.9 Å². The second kappa shape index (κ2) is 8.24. The molecular weight excluding hydrogens is 407 g/mol. The summed E-state index contributed by atoms with van der Waals surface area (Å²) in [7, 11) is 0. The van der Waals surface area contributed by atoms with Crippen molar-refractivity contribution in [3.63, 3.8) is 0 Å². The summed E-state index contributed by atoms with van der Waals surface area (Å²) in [4.78, 5) is 38.0. The van der Waals surface area contributed by atoms with Gasteiger partial charge in [-0.3, -0.25) is 10.1 Å². The Morgan fingerprint density at radius 1 is 1.18 bits per heavy atom. The summed E-state index contributed by atoms with van der Waals surface area (Å²) in [6.45, 7) is 8.19. The van der Waals surface area contributed by atoms with Crippen LogP contribution < -0.4 is 16.0 Å². The van der Waals surface area contributed by atoms with Crippen molar-refractivity contribution in [3.8, 4) is 0 Å². The molecule has 0 radical (unpaired) electrons. The number of anilines is 2. The van der Waals surface area contributed by atoms with Crippen molar-refractivity contribution in [2.45, 2.75) is 0 Å². The van der Waals surface area contributed by atoms with Crippen LogP contribution in [0.3, 0.4) is 0 Å². The Hall–Kier alpha value is -3.17. The van der Waals surface area contributed by atoms with Gasteiger partial charge in [-0.25, -0.2) is 4.79 Å². The molecule has 2 heterocycles. The summed E-state index contributed by atoms with van der Waals surface area (Å²) in [6, 6.07) is 4.39. The Labute approximate surface area is 168 Å². The zero-order valence-electron chi connectivity index (χ0n) is 14.4. The lowest BCUT2D eigenvalue weighted by Gasteiger charge is -2.19. The number of rotatable bonds is 7. The Balaban J connectivity index is 2.04. The van der Waals surface area contributed by atoms with E-state index in [1.165, 1.54) is 18.2 Å². The molecule has 9 nitrogen and oxygen atoms in total. The predicted octanol–water partition coefficient (Wildman–Crippen LogP) is 2.82. The van der Waals surface area contributed by atoms with E-state index in [1.54, 1.807) is 17.1 Å². The van der Waals surface area contributed by atoms with Gasteiger partial charge in [0.1, 0.15) is 0 Å². The van der Waals surface area contributed by atoms with Crippen LogP contribution in [0.4, 0.5) is 11.9 Å². The first-order valence-corrected chi connectivity index (χ1v) is 8.69. The Kier molecular flexibility index (Phi) is 5.76. The topological polar surface area (TPSA) is 106 Å². The second-order valence-electron chi connectivity index (χ2n) is 5.48. The van der Waals surface area contributed by atoms with Gasteiger partial charge in [0.25, 0.3) is 17.6 Å². The maximum atomic E-state index is 12.6. The molecule has 28 heavy (non-hydrogen) atoms. The number of halogens is 2. The third-order valence-corrected chi connectivity index (χ3v) is 4.27.